The maximum atomic E-state index is 12.7. The number of carbonyl (C=O) groups is 2. The highest BCUT2D eigenvalue weighted by Gasteiger charge is 2.37. The zero-order valence-corrected chi connectivity index (χ0v) is 24.3. The largest absolute Gasteiger partial charge is 0.466 e. The summed E-state index contributed by atoms with van der Waals surface area (Å²) in [6, 6.07) is 6.17. The van der Waals surface area contributed by atoms with Gasteiger partial charge in [0.2, 0.25) is 5.95 Å². The monoisotopic (exact) mass is 537 g/mol. The van der Waals surface area contributed by atoms with Gasteiger partial charge in [0.05, 0.1) is 13.2 Å². The highest BCUT2D eigenvalue weighted by Crippen LogP contribution is 2.46. The van der Waals surface area contributed by atoms with Crippen LogP contribution >= 0.6 is 0 Å². The molecular formula is C30H43N5O4. The van der Waals surface area contributed by atoms with Crippen LogP contribution in [0.5, 0.6) is 0 Å². The Morgan fingerprint density at radius 2 is 1.59 bits per heavy atom. The molecule has 2 heterocycles. The van der Waals surface area contributed by atoms with E-state index >= 15 is 0 Å². The zero-order valence-electron chi connectivity index (χ0n) is 24.3. The summed E-state index contributed by atoms with van der Waals surface area (Å²) < 4.78 is 10.4. The molecule has 9 nitrogen and oxygen atoms in total. The molecule has 1 aliphatic heterocycles. The summed E-state index contributed by atoms with van der Waals surface area (Å²) in [5.41, 5.74) is 4.05. The van der Waals surface area contributed by atoms with Gasteiger partial charge in [-0.05, 0) is 61.1 Å². The number of hydrogen-bond acceptors (Lipinski definition) is 9. The first-order chi connectivity index (χ1) is 18.6. The second-order valence-corrected chi connectivity index (χ2v) is 11.8. The molecule has 1 atom stereocenters. The molecule has 2 aromatic rings. The number of anilines is 1. The Bertz CT molecular complexity index is 1170. The van der Waals surface area contributed by atoms with Gasteiger partial charge in [0.25, 0.3) is 0 Å². The summed E-state index contributed by atoms with van der Waals surface area (Å²) in [5, 5.41) is 0. The molecule has 1 aromatic heterocycles. The molecular weight excluding hydrogens is 494 g/mol. The highest BCUT2D eigenvalue weighted by atomic mass is 16.5. The van der Waals surface area contributed by atoms with E-state index in [1.54, 1.807) is 20.2 Å². The van der Waals surface area contributed by atoms with Crippen molar-refractivity contribution in [3.8, 4) is 11.4 Å². The van der Waals surface area contributed by atoms with Gasteiger partial charge >= 0.3 is 11.9 Å². The second kappa shape index (κ2) is 12.0. The summed E-state index contributed by atoms with van der Waals surface area (Å²) in [6.45, 7) is 16.1. The lowest BCUT2D eigenvalue weighted by Crippen LogP contribution is -2.53. The molecule has 1 aliphatic carbocycles. The summed E-state index contributed by atoms with van der Waals surface area (Å²) >= 11 is 0. The van der Waals surface area contributed by atoms with Crippen molar-refractivity contribution in [3.63, 3.8) is 0 Å². The summed E-state index contributed by atoms with van der Waals surface area (Å²) in [4.78, 5) is 42.7. The SMILES string of the molecule is CCOC(=O)CCC(C(=O)OCC)N1CCN(c2ncnc(-c3ccc4c(c3)C(C)(C)CCC4(C)C)n2)CC1. The molecule has 1 unspecified atom stereocenters. The van der Waals surface area contributed by atoms with Crippen LogP contribution in [0, 0.1) is 0 Å². The van der Waals surface area contributed by atoms with Crippen LogP contribution in [0.25, 0.3) is 11.4 Å². The van der Waals surface area contributed by atoms with E-state index in [9.17, 15) is 9.59 Å². The van der Waals surface area contributed by atoms with Crippen molar-refractivity contribution in [2.45, 2.75) is 84.1 Å². The fraction of sp³-hybridized carbons (Fsp3) is 0.633. The fourth-order valence-corrected chi connectivity index (χ4v) is 5.72. The molecule has 4 rings (SSSR count). The van der Waals surface area contributed by atoms with Gasteiger partial charge in [0.1, 0.15) is 12.4 Å². The molecule has 9 heteroatoms. The Morgan fingerprint density at radius 1 is 0.923 bits per heavy atom. The van der Waals surface area contributed by atoms with Crippen LogP contribution in [0.3, 0.4) is 0 Å². The zero-order chi connectivity index (χ0) is 28.2. The molecule has 2 aliphatic rings. The van der Waals surface area contributed by atoms with Crippen molar-refractivity contribution in [3.05, 3.63) is 35.7 Å². The van der Waals surface area contributed by atoms with E-state index in [1.165, 1.54) is 17.5 Å². The summed E-state index contributed by atoms with van der Waals surface area (Å²) in [7, 11) is 0. The van der Waals surface area contributed by atoms with Gasteiger partial charge in [-0.3, -0.25) is 14.5 Å². The molecule has 1 saturated heterocycles. The average molecular weight is 538 g/mol. The van der Waals surface area contributed by atoms with E-state index in [2.05, 4.69) is 65.7 Å². The van der Waals surface area contributed by atoms with Crippen molar-refractivity contribution in [2.24, 2.45) is 0 Å². The minimum Gasteiger partial charge on any atom is -0.466 e. The summed E-state index contributed by atoms with van der Waals surface area (Å²) in [5.74, 6) is 0.716. The summed E-state index contributed by atoms with van der Waals surface area (Å²) in [6.07, 6.45) is 4.46. The first-order valence-corrected chi connectivity index (χ1v) is 14.2. The lowest BCUT2D eigenvalue weighted by molar-refractivity contribution is -0.151. The number of esters is 2. The maximum Gasteiger partial charge on any atom is 0.323 e. The molecule has 0 bridgehead atoms. The minimum absolute atomic E-state index is 0.107. The van der Waals surface area contributed by atoms with Gasteiger partial charge in [-0.25, -0.2) is 9.97 Å². The Kier molecular flexibility index (Phi) is 8.89. The van der Waals surface area contributed by atoms with Crippen LogP contribution in [-0.4, -0.2) is 77.2 Å². The van der Waals surface area contributed by atoms with E-state index in [0.29, 0.717) is 57.6 Å². The molecule has 0 spiro atoms. The van der Waals surface area contributed by atoms with Crippen LogP contribution in [0.2, 0.25) is 0 Å². The lowest BCUT2D eigenvalue weighted by Gasteiger charge is -2.42. The van der Waals surface area contributed by atoms with Crippen molar-refractivity contribution in [1.29, 1.82) is 0 Å². The standard InChI is InChI=1S/C30H43N5O4/c1-7-38-25(36)12-11-24(27(37)39-8-2)34-15-17-35(18-16-34)28-32-20-31-26(33-28)21-9-10-22-23(19-21)30(5,6)14-13-29(22,3)4/h9-10,19-20,24H,7-8,11-18H2,1-6H3. The number of aromatic nitrogens is 3. The van der Waals surface area contributed by atoms with E-state index in [1.807, 2.05) is 0 Å². The molecule has 0 N–H and O–H groups in total. The molecule has 39 heavy (non-hydrogen) atoms. The van der Waals surface area contributed by atoms with Gasteiger partial charge in [-0.15, -0.1) is 0 Å². The van der Waals surface area contributed by atoms with Gasteiger partial charge in [0, 0.05) is 38.2 Å². The number of piperazine rings is 1. The molecule has 0 saturated carbocycles. The lowest BCUT2D eigenvalue weighted by atomic mass is 9.63. The highest BCUT2D eigenvalue weighted by molar-refractivity contribution is 5.77. The number of hydrogen-bond donors (Lipinski definition) is 0. The molecule has 1 fully saturated rings. The first-order valence-electron chi connectivity index (χ1n) is 14.2. The van der Waals surface area contributed by atoms with E-state index in [0.717, 1.165) is 12.0 Å². The maximum absolute atomic E-state index is 12.7. The number of ether oxygens (including phenoxy) is 2. The van der Waals surface area contributed by atoms with Gasteiger partial charge in [-0.2, -0.15) is 4.98 Å². The third kappa shape index (κ3) is 6.57. The van der Waals surface area contributed by atoms with E-state index in [-0.39, 0.29) is 29.2 Å². The van der Waals surface area contributed by atoms with Crippen LogP contribution in [-0.2, 0) is 29.9 Å². The Hall–Kier alpha value is -3.07. The van der Waals surface area contributed by atoms with Crippen LogP contribution < -0.4 is 4.90 Å². The number of rotatable bonds is 9. The number of benzene rings is 1. The fourth-order valence-electron chi connectivity index (χ4n) is 5.72. The van der Waals surface area contributed by atoms with E-state index in [4.69, 9.17) is 14.5 Å². The first kappa shape index (κ1) is 28.9. The smallest absolute Gasteiger partial charge is 0.323 e. The Labute approximate surface area is 232 Å². The Balaban J connectivity index is 1.47. The number of carbonyl (C=O) groups excluding carboxylic acids is 2. The van der Waals surface area contributed by atoms with Crippen molar-refractivity contribution in [1.82, 2.24) is 19.9 Å². The van der Waals surface area contributed by atoms with Crippen molar-refractivity contribution < 1.29 is 19.1 Å². The number of fused-ring (bicyclic) bond motifs is 1. The normalized spacial score (nSPS) is 19.2. The van der Waals surface area contributed by atoms with Crippen molar-refractivity contribution in [2.75, 3.05) is 44.3 Å². The quantitative estimate of drug-likeness (QED) is 0.434. The molecule has 0 radical (unpaired) electrons. The van der Waals surface area contributed by atoms with Crippen molar-refractivity contribution >= 4 is 17.9 Å². The van der Waals surface area contributed by atoms with Gasteiger partial charge in [0.15, 0.2) is 5.82 Å². The molecule has 0 amide bonds. The predicted octanol–water partition coefficient (Wildman–Crippen LogP) is 4.28. The van der Waals surface area contributed by atoms with Gasteiger partial charge < -0.3 is 14.4 Å². The van der Waals surface area contributed by atoms with Gasteiger partial charge in [-0.1, -0.05) is 39.8 Å². The topological polar surface area (TPSA) is 97.8 Å². The number of nitrogens with zero attached hydrogens (tertiary/aromatic N) is 5. The van der Waals surface area contributed by atoms with Crippen LogP contribution in [0.4, 0.5) is 5.95 Å². The average Bonchev–Trinajstić information content (AvgIpc) is 2.92. The predicted molar refractivity (Wildman–Crippen MR) is 151 cm³/mol. The molecule has 212 valence electrons. The third-order valence-corrected chi connectivity index (χ3v) is 8.19. The van der Waals surface area contributed by atoms with E-state index < -0.39 is 6.04 Å². The second-order valence-electron chi connectivity index (χ2n) is 11.8. The molecule has 1 aromatic carbocycles. The third-order valence-electron chi connectivity index (χ3n) is 8.19. The Morgan fingerprint density at radius 3 is 2.26 bits per heavy atom. The van der Waals surface area contributed by atoms with Crippen LogP contribution in [0.15, 0.2) is 24.5 Å². The van der Waals surface area contributed by atoms with Crippen LogP contribution in [0.1, 0.15) is 78.4 Å². The minimum atomic E-state index is -0.478.